The largest absolute Gasteiger partial charge is 0.807 e. The van der Waals surface area contributed by atoms with E-state index >= 15 is 0 Å². The second-order valence-corrected chi connectivity index (χ2v) is 3.78. The van der Waals surface area contributed by atoms with Crippen molar-refractivity contribution in [1.29, 1.82) is 0 Å². The van der Waals surface area contributed by atoms with Crippen molar-refractivity contribution < 1.29 is 36.3 Å². The Balaban J connectivity index is 0.00000169. The van der Waals surface area contributed by atoms with Crippen molar-refractivity contribution in [2.45, 2.75) is 0 Å². The predicted octanol–water partition coefficient (Wildman–Crippen LogP) is -0.869. The van der Waals surface area contributed by atoms with E-state index in [1.165, 1.54) is 0 Å². The Morgan fingerprint density at radius 2 is 1.57 bits per heavy atom. The fraction of sp³-hybridized carbons (Fsp3) is 0. The van der Waals surface area contributed by atoms with Crippen LogP contribution in [0.1, 0.15) is 0 Å². The van der Waals surface area contributed by atoms with Crippen LogP contribution in [-0.4, -0.2) is 4.92 Å². The molecule has 1 radical (unpaired) electrons. The molecule has 0 amide bonds. The minimum atomic E-state index is -4.79. The Kier molecular flexibility index (Phi) is 4.44. The van der Waals surface area contributed by atoms with Crippen LogP contribution in [0.5, 0.6) is 0 Å². The number of nitro benzene ring substituents is 1. The normalized spacial score (nSPS) is 10.4. The molecule has 1 rings (SSSR count). The fourth-order valence-corrected chi connectivity index (χ4v) is 1.27. The third-order valence-corrected chi connectivity index (χ3v) is 2.31. The quantitative estimate of drug-likeness (QED) is 0.299. The summed E-state index contributed by atoms with van der Waals surface area (Å²) in [4.78, 5) is 30.3. The van der Waals surface area contributed by atoms with E-state index < -0.39 is 17.8 Å². The smallest absolute Gasteiger partial charge is 0.269 e. The van der Waals surface area contributed by atoms with Gasteiger partial charge in [-0.2, -0.15) is 0 Å². The molecule has 8 heteroatoms. The monoisotopic (exact) mass is 264 g/mol. The summed E-state index contributed by atoms with van der Waals surface area (Å²) in [6.45, 7) is 0. The van der Waals surface area contributed by atoms with Crippen LogP contribution in [0.2, 0.25) is 0 Å². The van der Waals surface area contributed by atoms with Gasteiger partial charge in [0.25, 0.3) is 5.69 Å². The molecule has 0 fully saturated rings. The van der Waals surface area contributed by atoms with Crippen molar-refractivity contribution in [3.8, 4) is 0 Å². The third kappa shape index (κ3) is 3.21. The van der Waals surface area contributed by atoms with Crippen molar-refractivity contribution >= 4 is 18.6 Å². The molecule has 0 bridgehead atoms. The topological polar surface area (TPSA) is 106 Å². The molecule has 6 nitrogen and oxygen atoms in total. The Bertz CT molecular complexity index is 372. The minimum absolute atomic E-state index is 0. The average Bonchev–Trinajstić information content (AvgIpc) is 2.03. The molecule has 0 aliphatic heterocycles. The molecule has 0 saturated carbocycles. The molecule has 0 aromatic heterocycles. The second kappa shape index (κ2) is 4.68. The van der Waals surface area contributed by atoms with E-state index in [9.17, 15) is 24.5 Å². The molecular formula is C6H4CuNO5P-2. The van der Waals surface area contributed by atoms with Gasteiger partial charge in [-0.25, -0.2) is 0 Å². The maximum absolute atomic E-state index is 10.4. The maximum Gasteiger partial charge on any atom is 0.269 e. The number of hydrogen-bond acceptors (Lipinski definition) is 5. The van der Waals surface area contributed by atoms with Crippen molar-refractivity contribution in [2.75, 3.05) is 0 Å². The van der Waals surface area contributed by atoms with Crippen molar-refractivity contribution in [2.24, 2.45) is 0 Å². The number of benzene rings is 1. The van der Waals surface area contributed by atoms with Gasteiger partial charge in [0.1, 0.15) is 0 Å². The number of hydrogen-bond donors (Lipinski definition) is 0. The van der Waals surface area contributed by atoms with Crippen molar-refractivity contribution in [3.05, 3.63) is 34.4 Å². The first-order chi connectivity index (χ1) is 5.91. The number of nitro groups is 1. The second-order valence-electron chi connectivity index (χ2n) is 2.27. The summed E-state index contributed by atoms with van der Waals surface area (Å²) in [5.74, 6) is 0. The average molecular weight is 265 g/mol. The van der Waals surface area contributed by atoms with Gasteiger partial charge in [-0.15, -0.1) is 0 Å². The van der Waals surface area contributed by atoms with E-state index in [4.69, 9.17) is 0 Å². The number of nitrogens with zero attached hydrogens (tertiary/aromatic N) is 1. The number of rotatable bonds is 2. The van der Waals surface area contributed by atoms with Gasteiger partial charge in [-0.3, -0.25) is 10.1 Å². The molecule has 0 heterocycles. The Labute approximate surface area is 89.7 Å². The van der Waals surface area contributed by atoms with Crippen LogP contribution in [0.3, 0.4) is 0 Å². The molecule has 0 atom stereocenters. The molecule has 0 spiro atoms. The summed E-state index contributed by atoms with van der Waals surface area (Å²) in [5, 5.41) is 9.70. The van der Waals surface area contributed by atoms with Gasteiger partial charge in [0.15, 0.2) is 0 Å². The van der Waals surface area contributed by atoms with Crippen molar-refractivity contribution in [3.63, 3.8) is 0 Å². The molecular weight excluding hydrogens is 261 g/mol. The SMILES string of the molecule is O=[N+]([O-])c1ccc(P(=O)([O-])[O-])cc1.[Cu]. The molecule has 0 aliphatic rings. The van der Waals surface area contributed by atoms with E-state index in [-0.39, 0.29) is 22.8 Å². The van der Waals surface area contributed by atoms with E-state index in [1.54, 1.807) is 0 Å². The van der Waals surface area contributed by atoms with Crippen LogP contribution >= 0.6 is 7.60 Å². The van der Waals surface area contributed by atoms with Crippen LogP contribution in [0.25, 0.3) is 0 Å². The van der Waals surface area contributed by atoms with Gasteiger partial charge in [-0.05, 0) is 25.0 Å². The zero-order valence-electron chi connectivity index (χ0n) is 6.55. The third-order valence-electron chi connectivity index (χ3n) is 1.38. The molecule has 0 N–H and O–H groups in total. The van der Waals surface area contributed by atoms with E-state index in [0.29, 0.717) is 0 Å². The van der Waals surface area contributed by atoms with Crippen molar-refractivity contribution in [1.82, 2.24) is 0 Å². The molecule has 14 heavy (non-hydrogen) atoms. The molecule has 0 unspecified atom stereocenters. The van der Waals surface area contributed by atoms with Gasteiger partial charge < -0.3 is 14.4 Å². The predicted molar refractivity (Wildman–Crippen MR) is 40.3 cm³/mol. The summed E-state index contributed by atoms with van der Waals surface area (Å²) >= 11 is 0. The summed E-state index contributed by atoms with van der Waals surface area (Å²) in [6, 6.07) is 3.77. The summed E-state index contributed by atoms with van der Waals surface area (Å²) in [5.41, 5.74) is -0.253. The summed E-state index contributed by atoms with van der Waals surface area (Å²) in [7, 11) is -4.79. The molecule has 81 valence electrons. The maximum atomic E-state index is 10.4. The summed E-state index contributed by atoms with van der Waals surface area (Å²) in [6.07, 6.45) is 0. The molecule has 0 saturated heterocycles. The first kappa shape index (κ1) is 13.3. The Hall–Kier alpha value is -0.711. The fourth-order valence-electron chi connectivity index (χ4n) is 0.757. The van der Waals surface area contributed by atoms with Gasteiger partial charge in [0.2, 0.25) is 0 Å². The summed E-state index contributed by atoms with van der Waals surface area (Å²) < 4.78 is 10.4. The molecule has 1 aromatic carbocycles. The first-order valence-electron chi connectivity index (χ1n) is 3.18. The standard InChI is InChI=1S/C6H6NO5P.Cu/c8-7(9)5-1-3-6(4-2-5)13(10,11)12;/h1-4H,(H2,10,11,12);/p-2. The molecule has 1 aromatic rings. The zero-order valence-corrected chi connectivity index (χ0v) is 8.38. The van der Waals surface area contributed by atoms with E-state index in [0.717, 1.165) is 24.3 Å². The van der Waals surface area contributed by atoms with Crippen LogP contribution < -0.4 is 15.1 Å². The van der Waals surface area contributed by atoms with E-state index in [1.807, 2.05) is 0 Å². The molecule has 0 aliphatic carbocycles. The van der Waals surface area contributed by atoms with E-state index in [2.05, 4.69) is 0 Å². The van der Waals surface area contributed by atoms with Crippen LogP contribution in [0.4, 0.5) is 5.69 Å². The van der Waals surface area contributed by atoms with Crippen LogP contribution in [-0.2, 0) is 21.6 Å². The van der Waals surface area contributed by atoms with Crippen LogP contribution in [0.15, 0.2) is 24.3 Å². The zero-order chi connectivity index (χ0) is 10.1. The van der Waals surface area contributed by atoms with Crippen LogP contribution in [0, 0.1) is 10.1 Å². The Morgan fingerprint density at radius 3 is 1.86 bits per heavy atom. The first-order valence-corrected chi connectivity index (χ1v) is 4.72. The van der Waals surface area contributed by atoms with Gasteiger partial charge >= 0.3 is 0 Å². The van der Waals surface area contributed by atoms with Gasteiger partial charge in [0.05, 0.1) is 4.92 Å². The number of non-ortho nitro benzene ring substituents is 1. The Morgan fingerprint density at radius 1 is 1.14 bits per heavy atom. The minimum Gasteiger partial charge on any atom is -0.807 e. The van der Waals surface area contributed by atoms with Gasteiger partial charge in [0, 0.05) is 29.2 Å². The van der Waals surface area contributed by atoms with Gasteiger partial charge in [-0.1, -0.05) is 0 Å².